The molecular formula is C43H80N4. The monoisotopic (exact) mass is 653 g/mol. The van der Waals surface area contributed by atoms with Crippen LogP contribution in [0.5, 0.6) is 0 Å². The van der Waals surface area contributed by atoms with Crippen LogP contribution in [0.15, 0.2) is 116 Å². The van der Waals surface area contributed by atoms with E-state index in [1.54, 1.807) is 43.2 Å². The van der Waals surface area contributed by atoms with Gasteiger partial charge in [-0.15, -0.1) is 0 Å². The topological polar surface area (TPSA) is 51.6 Å². The molecule has 0 aliphatic carbocycles. The van der Waals surface area contributed by atoms with Crippen molar-refractivity contribution in [2.45, 2.75) is 137 Å². The molecule has 0 N–H and O–H groups in total. The van der Waals surface area contributed by atoms with Crippen molar-refractivity contribution in [1.29, 1.82) is 0 Å². The Morgan fingerprint density at radius 1 is 0.319 bits per heavy atom. The fourth-order valence-corrected chi connectivity index (χ4v) is 1.73. The summed E-state index contributed by atoms with van der Waals surface area (Å²) in [5.41, 5.74) is 1.41. The molecule has 0 atom stereocenters. The molecule has 0 bridgehead atoms. The van der Waals surface area contributed by atoms with Crippen molar-refractivity contribution in [3.05, 3.63) is 122 Å². The van der Waals surface area contributed by atoms with E-state index in [0.29, 0.717) is 5.92 Å². The van der Waals surface area contributed by atoms with E-state index in [4.69, 9.17) is 0 Å². The van der Waals surface area contributed by atoms with Gasteiger partial charge in [-0.25, -0.2) is 9.97 Å². The second-order valence-electron chi connectivity index (χ2n) is 10.7. The van der Waals surface area contributed by atoms with E-state index in [0.717, 1.165) is 17.8 Å². The summed E-state index contributed by atoms with van der Waals surface area (Å²) in [5, 5.41) is 0. The lowest BCUT2D eigenvalue weighted by molar-refractivity contribution is 0.736. The van der Waals surface area contributed by atoms with Gasteiger partial charge in [-0.1, -0.05) is 198 Å². The summed E-state index contributed by atoms with van der Waals surface area (Å²) in [6, 6.07) is 24.3. The Balaban J connectivity index is -0.0000000779. The van der Waals surface area contributed by atoms with Crippen LogP contribution in [-0.2, 0) is 0 Å². The van der Waals surface area contributed by atoms with Gasteiger partial charge in [0.05, 0.1) is 0 Å². The SMILES string of the molecule is CC.CC.CC.CC.CC(C)C.CC(C)C.CC(C)C.CC(C)c1ccccc1.c1ccccc1.c1cnccn1.c1cncnc1. The Kier molecular flexibility index (Phi) is 77.4. The van der Waals surface area contributed by atoms with Crippen molar-refractivity contribution in [3.63, 3.8) is 0 Å². The fourth-order valence-electron chi connectivity index (χ4n) is 1.73. The Labute approximate surface area is 296 Å². The zero-order chi connectivity index (χ0) is 38.2. The number of benzene rings is 2. The third-order valence-electron chi connectivity index (χ3n) is 3.09. The average Bonchev–Trinajstić information content (AvgIpc) is 3.11. The average molecular weight is 653 g/mol. The number of rotatable bonds is 1. The van der Waals surface area contributed by atoms with Gasteiger partial charge in [-0.3, -0.25) is 9.97 Å². The maximum absolute atomic E-state index is 3.72. The lowest BCUT2D eigenvalue weighted by atomic mass is 10.0. The van der Waals surface area contributed by atoms with Crippen molar-refractivity contribution < 1.29 is 0 Å². The normalized spacial score (nSPS) is 7.81. The lowest BCUT2D eigenvalue weighted by Crippen LogP contribution is -1.83. The van der Waals surface area contributed by atoms with Gasteiger partial charge in [-0.2, -0.15) is 0 Å². The van der Waals surface area contributed by atoms with Gasteiger partial charge < -0.3 is 0 Å². The van der Waals surface area contributed by atoms with E-state index < -0.39 is 0 Å². The predicted octanol–water partition coefficient (Wildman–Crippen LogP) is 14.5. The van der Waals surface area contributed by atoms with E-state index in [2.05, 4.69) is 120 Å². The zero-order valence-corrected chi connectivity index (χ0v) is 34.6. The molecule has 4 nitrogen and oxygen atoms in total. The molecule has 0 aliphatic heterocycles. The van der Waals surface area contributed by atoms with Gasteiger partial charge in [-0.05, 0) is 35.3 Å². The minimum atomic E-state index is 0.659. The molecule has 4 heteroatoms. The molecule has 272 valence electrons. The minimum Gasteiger partial charge on any atom is -0.262 e. The molecule has 0 radical (unpaired) electrons. The van der Waals surface area contributed by atoms with Crippen LogP contribution >= 0.6 is 0 Å². The van der Waals surface area contributed by atoms with Crippen molar-refractivity contribution >= 4 is 0 Å². The summed E-state index contributed by atoms with van der Waals surface area (Å²) in [4.78, 5) is 14.8. The maximum atomic E-state index is 3.72. The van der Waals surface area contributed by atoms with Gasteiger partial charge in [0.1, 0.15) is 6.33 Å². The summed E-state index contributed by atoms with van der Waals surface area (Å²) in [6.45, 7) is 39.9. The van der Waals surface area contributed by atoms with Crippen molar-refractivity contribution in [3.8, 4) is 0 Å². The summed E-state index contributed by atoms with van der Waals surface area (Å²) < 4.78 is 0. The molecule has 4 rings (SSSR count). The first kappa shape index (κ1) is 59.1. The van der Waals surface area contributed by atoms with Crippen LogP contribution in [0, 0.1) is 17.8 Å². The third kappa shape index (κ3) is 99.2. The lowest BCUT2D eigenvalue weighted by Gasteiger charge is -2.01. The van der Waals surface area contributed by atoms with Gasteiger partial charge in [0.2, 0.25) is 0 Å². The first-order valence-electron chi connectivity index (χ1n) is 17.9. The highest BCUT2D eigenvalue weighted by molar-refractivity contribution is 5.17. The molecule has 0 saturated heterocycles. The van der Waals surface area contributed by atoms with Gasteiger partial charge in [0, 0.05) is 37.2 Å². The van der Waals surface area contributed by atoms with Crippen LogP contribution in [0.2, 0.25) is 0 Å². The standard InChI is InChI=1S/C9H12.C6H6.2C4H4N2.3C4H10.4C2H6/c1-8(2)9-6-4-3-5-7-9;1-2-4-6-5-3-1;1-2-6-4-3-5-1;1-2-5-4-6-3-1;3*1-4(2)3;4*1-2/h3-8H,1-2H3;1-6H;2*1-4H;3*4H,1-3H3;4*1-2H3. The van der Waals surface area contributed by atoms with Crippen LogP contribution in [0.25, 0.3) is 0 Å². The summed E-state index contributed by atoms with van der Waals surface area (Å²) in [5.74, 6) is 3.16. The second-order valence-corrected chi connectivity index (χ2v) is 10.7. The molecule has 2 heterocycles. The van der Waals surface area contributed by atoms with E-state index in [9.17, 15) is 0 Å². The van der Waals surface area contributed by atoms with E-state index in [-0.39, 0.29) is 0 Å². The molecule has 4 aromatic rings. The summed E-state index contributed by atoms with van der Waals surface area (Å²) in [6.07, 6.45) is 11.4. The largest absolute Gasteiger partial charge is 0.262 e. The molecule has 0 spiro atoms. The van der Waals surface area contributed by atoms with Gasteiger partial charge in [0.25, 0.3) is 0 Å². The molecule has 47 heavy (non-hydrogen) atoms. The molecule has 0 saturated carbocycles. The smallest absolute Gasteiger partial charge is 0.115 e. The summed E-state index contributed by atoms with van der Waals surface area (Å²) >= 11 is 0. The maximum Gasteiger partial charge on any atom is 0.115 e. The third-order valence-corrected chi connectivity index (χ3v) is 3.09. The molecule has 0 aliphatic rings. The Morgan fingerprint density at radius 2 is 0.553 bits per heavy atom. The predicted molar refractivity (Wildman–Crippen MR) is 218 cm³/mol. The molecular weight excluding hydrogens is 573 g/mol. The first-order chi connectivity index (χ1) is 22.5. The van der Waals surface area contributed by atoms with Gasteiger partial charge >= 0.3 is 0 Å². The highest BCUT2D eigenvalue weighted by Gasteiger charge is 1.93. The Morgan fingerprint density at radius 3 is 0.681 bits per heavy atom. The molecule has 0 fully saturated rings. The van der Waals surface area contributed by atoms with Gasteiger partial charge in [0.15, 0.2) is 0 Å². The molecule has 0 amide bonds. The number of hydrogen-bond donors (Lipinski definition) is 0. The van der Waals surface area contributed by atoms with Crippen LogP contribution in [-0.4, -0.2) is 19.9 Å². The Bertz CT molecular complexity index is 706. The molecule has 2 aromatic heterocycles. The van der Waals surface area contributed by atoms with E-state index >= 15 is 0 Å². The number of nitrogens with zero attached hydrogens (tertiary/aromatic N) is 4. The fraction of sp³-hybridized carbons (Fsp3) is 0.535. The minimum absolute atomic E-state index is 0.659. The van der Waals surface area contributed by atoms with Crippen molar-refractivity contribution in [2.75, 3.05) is 0 Å². The van der Waals surface area contributed by atoms with Crippen LogP contribution in [0.3, 0.4) is 0 Å². The van der Waals surface area contributed by atoms with Crippen LogP contribution in [0.4, 0.5) is 0 Å². The van der Waals surface area contributed by atoms with Crippen LogP contribution in [0.1, 0.15) is 143 Å². The zero-order valence-electron chi connectivity index (χ0n) is 34.6. The highest BCUT2D eigenvalue weighted by atomic mass is 14.8. The van der Waals surface area contributed by atoms with Crippen molar-refractivity contribution in [1.82, 2.24) is 19.9 Å². The van der Waals surface area contributed by atoms with E-state index in [1.165, 1.54) is 11.9 Å². The van der Waals surface area contributed by atoms with E-state index in [1.807, 2.05) is 97.9 Å². The highest BCUT2D eigenvalue weighted by Crippen LogP contribution is 2.11. The molecule has 2 aromatic carbocycles. The Hall–Kier alpha value is -3.40. The number of aromatic nitrogens is 4. The quantitative estimate of drug-likeness (QED) is 0.205. The number of hydrogen-bond acceptors (Lipinski definition) is 4. The molecule has 0 unspecified atom stereocenters. The second kappa shape index (κ2) is 61.6. The van der Waals surface area contributed by atoms with Crippen LogP contribution < -0.4 is 0 Å². The summed E-state index contributed by atoms with van der Waals surface area (Å²) in [7, 11) is 0. The first-order valence-corrected chi connectivity index (χ1v) is 17.9. The van der Waals surface area contributed by atoms with Crippen molar-refractivity contribution in [2.24, 2.45) is 17.8 Å².